The molecule has 3 aromatic rings. The van der Waals surface area contributed by atoms with E-state index in [1.165, 1.54) is 0 Å². The van der Waals surface area contributed by atoms with E-state index in [0.717, 1.165) is 16.7 Å². The van der Waals surface area contributed by atoms with Crippen LogP contribution in [-0.2, 0) is 11.3 Å². The molecule has 0 unspecified atom stereocenters. The SMILES string of the molecule is CCOc1cc(/C=C2\SC(=O)N(Cc3ccc(Cl)c(Cl)c3)C2=O)cc(I)c1OC(=O)c1ccccc1Cl. The highest BCUT2D eigenvalue weighted by Crippen LogP contribution is 2.38. The zero-order valence-corrected chi connectivity index (χ0v) is 24.3. The zero-order chi connectivity index (χ0) is 26.7. The molecule has 4 rings (SSSR count). The monoisotopic (exact) mass is 687 g/mol. The van der Waals surface area contributed by atoms with Crippen LogP contribution in [0.5, 0.6) is 11.5 Å². The van der Waals surface area contributed by atoms with Gasteiger partial charge < -0.3 is 9.47 Å². The Morgan fingerprint density at radius 3 is 2.49 bits per heavy atom. The topological polar surface area (TPSA) is 72.9 Å². The summed E-state index contributed by atoms with van der Waals surface area (Å²) in [6.45, 7) is 2.18. The lowest BCUT2D eigenvalue weighted by molar-refractivity contribution is -0.123. The fourth-order valence-corrected chi connectivity index (χ4v) is 5.52. The van der Waals surface area contributed by atoms with E-state index in [-0.39, 0.29) is 27.8 Å². The standard InChI is InChI=1S/C26H17Cl3INO5S/c1-2-35-21-11-15(10-20(30)23(21)36-25(33)16-5-3-4-6-17(16)27)12-22-24(32)31(26(34)37-22)13-14-7-8-18(28)19(29)9-14/h3-12H,2,13H2,1H3/b22-12-. The molecule has 0 aromatic heterocycles. The van der Waals surface area contributed by atoms with Gasteiger partial charge in [-0.05, 0) is 94.9 Å². The largest absolute Gasteiger partial charge is 0.490 e. The van der Waals surface area contributed by atoms with Gasteiger partial charge in [0.05, 0.1) is 42.3 Å². The predicted octanol–water partition coefficient (Wildman–Crippen LogP) is 8.11. The maximum Gasteiger partial charge on any atom is 0.345 e. The highest BCUT2D eigenvalue weighted by atomic mass is 127. The Labute approximate surface area is 246 Å². The van der Waals surface area contributed by atoms with Crippen LogP contribution in [0.2, 0.25) is 15.1 Å². The first-order chi connectivity index (χ1) is 17.7. The predicted molar refractivity (Wildman–Crippen MR) is 155 cm³/mol. The van der Waals surface area contributed by atoms with Crippen molar-refractivity contribution >= 4 is 92.3 Å². The van der Waals surface area contributed by atoms with Gasteiger partial charge in [-0.2, -0.15) is 0 Å². The number of halogens is 4. The summed E-state index contributed by atoms with van der Waals surface area (Å²) in [5.41, 5.74) is 1.50. The Balaban J connectivity index is 1.59. The smallest absolute Gasteiger partial charge is 0.345 e. The number of hydrogen-bond donors (Lipinski definition) is 0. The Kier molecular flexibility index (Phi) is 9.07. The second kappa shape index (κ2) is 12.1. The minimum atomic E-state index is -0.624. The number of benzene rings is 3. The van der Waals surface area contributed by atoms with E-state index in [0.29, 0.717) is 37.1 Å². The average Bonchev–Trinajstić information content (AvgIpc) is 3.11. The van der Waals surface area contributed by atoms with Crippen molar-refractivity contribution < 1.29 is 23.9 Å². The highest BCUT2D eigenvalue weighted by Gasteiger charge is 2.35. The van der Waals surface area contributed by atoms with Crippen molar-refractivity contribution in [2.75, 3.05) is 6.61 Å². The highest BCUT2D eigenvalue weighted by molar-refractivity contribution is 14.1. The molecule has 0 spiro atoms. The number of rotatable bonds is 7. The summed E-state index contributed by atoms with van der Waals surface area (Å²) in [4.78, 5) is 39.7. The van der Waals surface area contributed by atoms with Gasteiger partial charge in [-0.15, -0.1) is 0 Å². The van der Waals surface area contributed by atoms with E-state index in [9.17, 15) is 14.4 Å². The second-order valence-electron chi connectivity index (χ2n) is 7.65. The Morgan fingerprint density at radius 1 is 1.03 bits per heavy atom. The van der Waals surface area contributed by atoms with Crippen LogP contribution in [-0.4, -0.2) is 28.6 Å². The van der Waals surface area contributed by atoms with Crippen LogP contribution in [0.25, 0.3) is 6.08 Å². The third kappa shape index (κ3) is 6.43. The van der Waals surface area contributed by atoms with Crippen molar-refractivity contribution in [1.82, 2.24) is 4.90 Å². The zero-order valence-electron chi connectivity index (χ0n) is 19.1. The average molecular weight is 689 g/mol. The van der Waals surface area contributed by atoms with Gasteiger partial charge in [0.25, 0.3) is 11.1 Å². The molecule has 1 fully saturated rings. The summed E-state index contributed by atoms with van der Waals surface area (Å²) in [7, 11) is 0. The van der Waals surface area contributed by atoms with Crippen molar-refractivity contribution in [3.63, 3.8) is 0 Å². The van der Waals surface area contributed by atoms with Gasteiger partial charge in [0.15, 0.2) is 11.5 Å². The van der Waals surface area contributed by atoms with Gasteiger partial charge >= 0.3 is 5.97 Å². The summed E-state index contributed by atoms with van der Waals surface area (Å²) in [5, 5.41) is 0.608. The van der Waals surface area contributed by atoms with Crippen molar-refractivity contribution in [3.8, 4) is 11.5 Å². The summed E-state index contributed by atoms with van der Waals surface area (Å²) >= 11 is 21.0. The number of carbonyl (C=O) groups is 3. The molecule has 2 amide bonds. The first-order valence-electron chi connectivity index (χ1n) is 10.8. The van der Waals surface area contributed by atoms with Crippen molar-refractivity contribution in [3.05, 3.63) is 94.8 Å². The molecule has 3 aromatic carbocycles. The van der Waals surface area contributed by atoms with Gasteiger partial charge in [-0.1, -0.05) is 53.0 Å². The summed E-state index contributed by atoms with van der Waals surface area (Å²) in [6.07, 6.45) is 1.60. The molecule has 0 bridgehead atoms. The normalized spacial score (nSPS) is 14.4. The summed E-state index contributed by atoms with van der Waals surface area (Å²) in [6, 6.07) is 14.9. The Morgan fingerprint density at radius 2 is 1.78 bits per heavy atom. The molecular formula is C26H17Cl3INO5S. The molecular weight excluding hydrogens is 672 g/mol. The molecule has 1 saturated heterocycles. The third-order valence-corrected chi connectivity index (χ3v) is 7.89. The molecule has 0 atom stereocenters. The first kappa shape index (κ1) is 27.8. The summed E-state index contributed by atoms with van der Waals surface area (Å²) < 4.78 is 11.9. The van der Waals surface area contributed by atoms with Crippen LogP contribution in [0.4, 0.5) is 4.79 Å². The molecule has 11 heteroatoms. The van der Waals surface area contributed by atoms with E-state index in [2.05, 4.69) is 0 Å². The first-order valence-corrected chi connectivity index (χ1v) is 13.8. The van der Waals surface area contributed by atoms with Crippen LogP contribution in [0, 0.1) is 3.57 Å². The number of carbonyl (C=O) groups excluding carboxylic acids is 3. The second-order valence-corrected chi connectivity index (χ2v) is 11.0. The van der Waals surface area contributed by atoms with Gasteiger partial charge in [0.1, 0.15) is 0 Å². The van der Waals surface area contributed by atoms with Crippen LogP contribution in [0.15, 0.2) is 59.5 Å². The number of thioether (sulfide) groups is 1. The Bertz CT molecular complexity index is 1450. The fraction of sp³-hybridized carbons (Fsp3) is 0.115. The van der Waals surface area contributed by atoms with Crippen LogP contribution < -0.4 is 9.47 Å². The third-order valence-electron chi connectivity index (χ3n) is 5.12. The molecule has 1 heterocycles. The lowest BCUT2D eigenvalue weighted by atomic mass is 10.1. The fourth-order valence-electron chi connectivity index (χ4n) is 3.42. The number of esters is 1. The number of imide groups is 1. The number of amides is 2. The maximum absolute atomic E-state index is 13.0. The lowest BCUT2D eigenvalue weighted by Crippen LogP contribution is -2.27. The van der Waals surface area contributed by atoms with Crippen LogP contribution in [0.1, 0.15) is 28.4 Å². The van der Waals surface area contributed by atoms with Gasteiger partial charge in [0.2, 0.25) is 0 Å². The van der Waals surface area contributed by atoms with E-state index in [1.54, 1.807) is 67.6 Å². The molecule has 190 valence electrons. The van der Waals surface area contributed by atoms with Crippen molar-refractivity contribution in [2.45, 2.75) is 13.5 Å². The molecule has 0 aliphatic carbocycles. The van der Waals surface area contributed by atoms with E-state index in [1.807, 2.05) is 22.6 Å². The van der Waals surface area contributed by atoms with Crippen molar-refractivity contribution in [2.24, 2.45) is 0 Å². The minimum Gasteiger partial charge on any atom is -0.490 e. The molecule has 1 aliphatic heterocycles. The van der Waals surface area contributed by atoms with Crippen LogP contribution >= 0.6 is 69.2 Å². The van der Waals surface area contributed by atoms with E-state index < -0.39 is 17.1 Å². The van der Waals surface area contributed by atoms with E-state index in [4.69, 9.17) is 44.3 Å². The summed E-state index contributed by atoms with van der Waals surface area (Å²) in [5.74, 6) is -0.503. The minimum absolute atomic E-state index is 0.0670. The van der Waals surface area contributed by atoms with Crippen LogP contribution in [0.3, 0.4) is 0 Å². The van der Waals surface area contributed by atoms with Gasteiger partial charge in [0, 0.05) is 0 Å². The van der Waals surface area contributed by atoms with Crippen molar-refractivity contribution in [1.29, 1.82) is 0 Å². The molecule has 1 aliphatic rings. The number of ether oxygens (including phenoxy) is 2. The molecule has 37 heavy (non-hydrogen) atoms. The lowest BCUT2D eigenvalue weighted by Gasteiger charge is -2.14. The number of hydrogen-bond acceptors (Lipinski definition) is 6. The quantitative estimate of drug-likeness (QED) is 0.108. The molecule has 6 nitrogen and oxygen atoms in total. The van der Waals surface area contributed by atoms with E-state index >= 15 is 0 Å². The molecule has 0 radical (unpaired) electrons. The maximum atomic E-state index is 13.0. The Hall–Kier alpha value is -2.24. The molecule has 0 N–H and O–H groups in total. The molecule has 0 saturated carbocycles. The number of nitrogens with zero attached hydrogens (tertiary/aromatic N) is 1. The van der Waals surface area contributed by atoms with Gasteiger partial charge in [-0.3, -0.25) is 14.5 Å². The van der Waals surface area contributed by atoms with Gasteiger partial charge in [-0.25, -0.2) is 4.79 Å².